The van der Waals surface area contributed by atoms with Crippen LogP contribution < -0.4 is 5.73 Å². The third-order valence-corrected chi connectivity index (χ3v) is 3.19. The van der Waals surface area contributed by atoms with Gasteiger partial charge in [-0.2, -0.15) is 0 Å². The van der Waals surface area contributed by atoms with E-state index >= 15 is 0 Å². The Bertz CT molecular complexity index is 524. The molecular weight excluding hydrogens is 239 g/mol. The van der Waals surface area contributed by atoms with Crippen molar-refractivity contribution in [1.82, 2.24) is 15.2 Å². The van der Waals surface area contributed by atoms with Crippen LogP contribution in [0.15, 0.2) is 28.3 Å². The van der Waals surface area contributed by atoms with Gasteiger partial charge >= 0.3 is 0 Å². The Morgan fingerprint density at radius 1 is 1.47 bits per heavy atom. The Morgan fingerprint density at radius 3 is 2.82 bits per heavy atom. The number of nitrogens with one attached hydrogen (secondary N) is 1. The molecule has 0 radical (unpaired) electrons. The van der Waals surface area contributed by atoms with Crippen molar-refractivity contribution < 1.29 is 4.39 Å². The minimum Gasteiger partial charge on any atom is -0.324 e. The van der Waals surface area contributed by atoms with Crippen molar-refractivity contribution in [2.24, 2.45) is 5.73 Å². The maximum Gasteiger partial charge on any atom is 0.213 e. The number of aromatic nitrogens is 3. The fourth-order valence-corrected chi connectivity index (χ4v) is 2.52. The van der Waals surface area contributed by atoms with Crippen LogP contribution in [-0.2, 0) is 0 Å². The first-order valence-corrected chi connectivity index (χ1v) is 6.00. The number of nitrogens with zero attached hydrogens (tertiary/aromatic N) is 2. The molecule has 4 nitrogen and oxygen atoms in total. The first-order chi connectivity index (χ1) is 8.08. The summed E-state index contributed by atoms with van der Waals surface area (Å²) in [5.74, 6) is 0.434. The predicted molar refractivity (Wildman–Crippen MR) is 64.2 cm³/mol. The standard InChI is InChI=1S/C11H13FN4S/c1-6(13)10-8(12)4-3-5-9(10)17-11-14-7(2)15-16-11/h3-6H,13H2,1-2H3,(H,14,15,16). The summed E-state index contributed by atoms with van der Waals surface area (Å²) >= 11 is 1.30. The molecule has 1 unspecified atom stereocenters. The zero-order valence-corrected chi connectivity index (χ0v) is 10.4. The van der Waals surface area contributed by atoms with Crippen LogP contribution in [-0.4, -0.2) is 15.2 Å². The van der Waals surface area contributed by atoms with Gasteiger partial charge in [0.2, 0.25) is 5.16 Å². The van der Waals surface area contributed by atoms with E-state index < -0.39 is 0 Å². The topological polar surface area (TPSA) is 67.6 Å². The van der Waals surface area contributed by atoms with E-state index in [4.69, 9.17) is 5.73 Å². The van der Waals surface area contributed by atoms with E-state index in [0.29, 0.717) is 10.7 Å². The molecule has 0 amide bonds. The van der Waals surface area contributed by atoms with Crippen molar-refractivity contribution in [3.05, 3.63) is 35.4 Å². The van der Waals surface area contributed by atoms with E-state index in [1.54, 1.807) is 13.0 Å². The molecule has 17 heavy (non-hydrogen) atoms. The van der Waals surface area contributed by atoms with Crippen LogP contribution in [0, 0.1) is 12.7 Å². The second-order valence-electron chi connectivity index (χ2n) is 3.75. The highest BCUT2D eigenvalue weighted by atomic mass is 32.2. The maximum atomic E-state index is 13.7. The van der Waals surface area contributed by atoms with Crippen molar-refractivity contribution in [3.8, 4) is 0 Å². The van der Waals surface area contributed by atoms with Crippen LogP contribution in [0.4, 0.5) is 4.39 Å². The Labute approximate surface area is 103 Å². The summed E-state index contributed by atoms with van der Waals surface area (Å²) < 4.78 is 13.7. The van der Waals surface area contributed by atoms with Crippen LogP contribution in [0.5, 0.6) is 0 Å². The lowest BCUT2D eigenvalue weighted by atomic mass is 10.1. The lowest BCUT2D eigenvalue weighted by Gasteiger charge is -2.11. The quantitative estimate of drug-likeness (QED) is 0.880. The number of aromatic amines is 1. The monoisotopic (exact) mass is 252 g/mol. The number of rotatable bonds is 3. The van der Waals surface area contributed by atoms with Crippen molar-refractivity contribution in [2.45, 2.75) is 29.9 Å². The molecule has 0 saturated heterocycles. The zero-order chi connectivity index (χ0) is 12.4. The van der Waals surface area contributed by atoms with Crippen LogP contribution in [0.3, 0.4) is 0 Å². The molecule has 2 rings (SSSR count). The maximum absolute atomic E-state index is 13.7. The van der Waals surface area contributed by atoms with Crippen molar-refractivity contribution >= 4 is 11.8 Å². The second-order valence-corrected chi connectivity index (χ2v) is 4.75. The number of hydrogen-bond donors (Lipinski definition) is 2. The normalized spacial score (nSPS) is 12.7. The van der Waals surface area contributed by atoms with Gasteiger partial charge in [0.05, 0.1) is 0 Å². The van der Waals surface area contributed by atoms with Crippen molar-refractivity contribution in [1.29, 1.82) is 0 Å². The van der Waals surface area contributed by atoms with Crippen LogP contribution >= 0.6 is 11.8 Å². The molecule has 0 spiro atoms. The number of H-pyrrole nitrogens is 1. The average molecular weight is 252 g/mol. The Kier molecular flexibility index (Phi) is 3.44. The van der Waals surface area contributed by atoms with Crippen LogP contribution in [0.1, 0.15) is 24.4 Å². The van der Waals surface area contributed by atoms with Crippen molar-refractivity contribution in [2.75, 3.05) is 0 Å². The molecule has 0 aliphatic carbocycles. The van der Waals surface area contributed by atoms with Crippen LogP contribution in [0.25, 0.3) is 0 Å². The lowest BCUT2D eigenvalue weighted by molar-refractivity contribution is 0.585. The molecule has 0 aliphatic heterocycles. The molecule has 1 heterocycles. The van der Waals surface area contributed by atoms with Gasteiger partial charge in [0.15, 0.2) is 0 Å². The summed E-state index contributed by atoms with van der Waals surface area (Å²) in [7, 11) is 0. The zero-order valence-electron chi connectivity index (χ0n) is 9.57. The van der Waals surface area contributed by atoms with Crippen LogP contribution in [0.2, 0.25) is 0 Å². The van der Waals surface area contributed by atoms with E-state index in [1.165, 1.54) is 17.8 Å². The molecule has 0 saturated carbocycles. The number of hydrogen-bond acceptors (Lipinski definition) is 4. The summed E-state index contributed by atoms with van der Waals surface area (Å²) in [4.78, 5) is 4.92. The van der Waals surface area contributed by atoms with Gasteiger partial charge in [-0.15, -0.1) is 5.10 Å². The average Bonchev–Trinajstić information content (AvgIpc) is 2.63. The fourth-order valence-electron chi connectivity index (χ4n) is 1.51. The van der Waals surface area contributed by atoms with E-state index in [0.717, 1.165) is 10.7 Å². The van der Waals surface area contributed by atoms with Gasteiger partial charge in [-0.1, -0.05) is 6.07 Å². The molecular formula is C11H13FN4S. The number of halogens is 1. The summed E-state index contributed by atoms with van der Waals surface area (Å²) in [6.07, 6.45) is 0. The molecule has 1 atom stereocenters. The molecule has 0 bridgehead atoms. The molecule has 3 N–H and O–H groups in total. The van der Waals surface area contributed by atoms with E-state index in [9.17, 15) is 4.39 Å². The molecule has 0 aliphatic rings. The number of nitrogens with two attached hydrogens (primary N) is 1. The summed E-state index contributed by atoms with van der Waals surface area (Å²) in [6, 6.07) is 4.52. The Balaban J connectivity index is 2.35. The van der Waals surface area contributed by atoms with Gasteiger partial charge in [0, 0.05) is 16.5 Å². The second kappa shape index (κ2) is 4.85. The highest BCUT2D eigenvalue weighted by molar-refractivity contribution is 7.99. The minimum atomic E-state index is -0.362. The third-order valence-electron chi connectivity index (χ3n) is 2.25. The largest absolute Gasteiger partial charge is 0.324 e. The number of aryl methyl sites for hydroxylation is 1. The lowest BCUT2D eigenvalue weighted by Crippen LogP contribution is -2.09. The molecule has 0 fully saturated rings. The van der Waals surface area contributed by atoms with Gasteiger partial charge in [0.1, 0.15) is 11.6 Å². The smallest absolute Gasteiger partial charge is 0.213 e. The molecule has 6 heteroatoms. The van der Waals surface area contributed by atoms with Gasteiger partial charge in [-0.25, -0.2) is 9.37 Å². The van der Waals surface area contributed by atoms with E-state index in [1.807, 2.05) is 13.0 Å². The van der Waals surface area contributed by atoms with E-state index in [2.05, 4.69) is 15.2 Å². The summed E-state index contributed by atoms with van der Waals surface area (Å²) in [6.45, 7) is 3.57. The van der Waals surface area contributed by atoms with Gasteiger partial charge < -0.3 is 5.73 Å². The van der Waals surface area contributed by atoms with Crippen molar-refractivity contribution in [3.63, 3.8) is 0 Å². The SMILES string of the molecule is Cc1nc(Sc2cccc(F)c2C(C)N)n[nH]1. The molecule has 1 aromatic heterocycles. The van der Waals surface area contributed by atoms with E-state index in [-0.39, 0.29) is 11.9 Å². The highest BCUT2D eigenvalue weighted by Gasteiger charge is 2.14. The third kappa shape index (κ3) is 2.65. The highest BCUT2D eigenvalue weighted by Crippen LogP contribution is 2.32. The Morgan fingerprint density at radius 2 is 2.24 bits per heavy atom. The Hall–Kier alpha value is -1.40. The minimum absolute atomic E-state index is 0.294. The number of benzene rings is 1. The summed E-state index contributed by atoms with van der Waals surface area (Å²) in [5.41, 5.74) is 6.27. The van der Waals surface area contributed by atoms with Gasteiger partial charge in [-0.05, 0) is 37.7 Å². The molecule has 2 aromatic rings. The first-order valence-electron chi connectivity index (χ1n) is 5.19. The fraction of sp³-hybridized carbons (Fsp3) is 0.273. The molecule has 90 valence electrons. The van der Waals surface area contributed by atoms with Gasteiger partial charge in [-0.3, -0.25) is 5.10 Å². The predicted octanol–water partition coefficient (Wildman–Crippen LogP) is 2.42. The summed E-state index contributed by atoms with van der Waals surface area (Å²) in [5, 5.41) is 7.31. The molecule has 1 aromatic carbocycles. The van der Waals surface area contributed by atoms with Gasteiger partial charge in [0.25, 0.3) is 0 Å². The first kappa shape index (κ1) is 12.1.